The highest BCUT2D eigenvalue weighted by Gasteiger charge is 2.41. The van der Waals surface area contributed by atoms with Crippen LogP contribution in [0.1, 0.15) is 34.8 Å². The van der Waals surface area contributed by atoms with Crippen LogP contribution in [0.15, 0.2) is 53.1 Å². The molecule has 0 aliphatic heterocycles. The minimum Gasteiger partial charge on any atom is -0.480 e. The highest BCUT2D eigenvalue weighted by atomic mass is 19.4. The molecule has 0 bridgehead atoms. The second-order valence-electron chi connectivity index (χ2n) is 6.63. The Morgan fingerprint density at radius 3 is 2.61 bits per heavy atom. The van der Waals surface area contributed by atoms with Crippen molar-refractivity contribution in [2.75, 3.05) is 7.11 Å². The maximum atomic E-state index is 13.8. The minimum atomic E-state index is -4.87. The van der Waals surface area contributed by atoms with Gasteiger partial charge in [0.25, 0.3) is 5.91 Å². The molecule has 0 aliphatic rings. The van der Waals surface area contributed by atoms with Gasteiger partial charge in [0.2, 0.25) is 5.88 Å². The zero-order chi connectivity index (χ0) is 22.2. The van der Waals surface area contributed by atoms with Crippen LogP contribution in [0.4, 0.5) is 13.2 Å². The molecule has 8 nitrogen and oxygen atoms in total. The van der Waals surface area contributed by atoms with Gasteiger partial charge in [0.05, 0.1) is 24.9 Å². The minimum absolute atomic E-state index is 0.127. The lowest BCUT2D eigenvalue weighted by Crippen LogP contribution is -2.29. The van der Waals surface area contributed by atoms with Crippen molar-refractivity contribution in [3.8, 4) is 11.7 Å². The van der Waals surface area contributed by atoms with Gasteiger partial charge in [0, 0.05) is 11.5 Å². The number of para-hydroxylation sites is 1. The Balaban J connectivity index is 1.64. The third kappa shape index (κ3) is 3.93. The highest BCUT2D eigenvalue weighted by molar-refractivity contribution is 5.95. The summed E-state index contributed by atoms with van der Waals surface area (Å²) < 4.78 is 52.5. The average Bonchev–Trinajstić information content (AvgIpc) is 3.38. The molecule has 1 atom stereocenters. The van der Waals surface area contributed by atoms with Crippen molar-refractivity contribution in [2.24, 2.45) is 0 Å². The number of rotatable bonds is 5. The molecular weight excluding hydrogens is 415 g/mol. The van der Waals surface area contributed by atoms with E-state index < -0.39 is 29.4 Å². The van der Waals surface area contributed by atoms with E-state index in [2.05, 4.69) is 20.6 Å². The predicted molar refractivity (Wildman–Crippen MR) is 103 cm³/mol. The number of hydrogen-bond donors (Lipinski definition) is 1. The molecule has 0 spiro atoms. The van der Waals surface area contributed by atoms with Gasteiger partial charge in [-0.3, -0.25) is 4.79 Å². The lowest BCUT2D eigenvalue weighted by molar-refractivity contribution is -0.143. The number of nitrogens with one attached hydrogen (secondary N) is 1. The van der Waals surface area contributed by atoms with E-state index in [-0.39, 0.29) is 11.7 Å². The van der Waals surface area contributed by atoms with Crippen molar-refractivity contribution < 1.29 is 27.1 Å². The third-order valence-electron chi connectivity index (χ3n) is 4.55. The first-order chi connectivity index (χ1) is 14.8. The van der Waals surface area contributed by atoms with Crippen LogP contribution in [0.25, 0.3) is 16.8 Å². The van der Waals surface area contributed by atoms with E-state index in [9.17, 15) is 18.0 Å². The van der Waals surface area contributed by atoms with E-state index in [0.29, 0.717) is 16.0 Å². The summed E-state index contributed by atoms with van der Waals surface area (Å²) in [6.45, 7) is 1.61. The van der Waals surface area contributed by atoms with Crippen molar-refractivity contribution in [1.82, 2.24) is 25.3 Å². The van der Waals surface area contributed by atoms with Gasteiger partial charge in [-0.15, -0.1) is 10.2 Å². The molecule has 0 saturated carbocycles. The summed E-state index contributed by atoms with van der Waals surface area (Å²) in [7, 11) is 1.35. The Hall–Kier alpha value is -3.89. The topological polar surface area (TPSA) is 95.1 Å². The molecule has 31 heavy (non-hydrogen) atoms. The fourth-order valence-electron chi connectivity index (χ4n) is 3.06. The molecule has 4 rings (SSSR count). The van der Waals surface area contributed by atoms with Crippen LogP contribution in [0.2, 0.25) is 0 Å². The summed E-state index contributed by atoms with van der Waals surface area (Å²) in [6, 6.07) is 10.9. The zero-order valence-corrected chi connectivity index (χ0v) is 16.3. The molecule has 3 aromatic heterocycles. The van der Waals surface area contributed by atoms with Crippen molar-refractivity contribution in [1.29, 1.82) is 0 Å². The molecule has 160 valence electrons. The number of alkyl halides is 3. The maximum Gasteiger partial charge on any atom is 0.434 e. The second-order valence-corrected chi connectivity index (χ2v) is 6.63. The van der Waals surface area contributed by atoms with E-state index in [1.807, 2.05) is 12.1 Å². The van der Waals surface area contributed by atoms with Gasteiger partial charge in [-0.25, -0.2) is 4.68 Å². The Morgan fingerprint density at radius 1 is 1.19 bits per heavy atom. The van der Waals surface area contributed by atoms with Gasteiger partial charge >= 0.3 is 6.18 Å². The number of nitrogens with zero attached hydrogens (tertiary/aromatic N) is 4. The predicted octanol–water partition coefficient (Wildman–Crippen LogP) is 3.93. The number of carbonyl (C=O) groups excluding carboxylic acids is 1. The van der Waals surface area contributed by atoms with Crippen LogP contribution in [0.5, 0.6) is 5.88 Å². The number of furan rings is 1. The quantitative estimate of drug-likeness (QED) is 0.515. The number of hydrogen-bond acceptors (Lipinski definition) is 6. The lowest BCUT2D eigenvalue weighted by Gasteiger charge is -2.14. The molecular formula is C20H16F3N5O3. The van der Waals surface area contributed by atoms with Gasteiger partial charge in [0.15, 0.2) is 11.5 Å². The van der Waals surface area contributed by atoms with Gasteiger partial charge in [-0.2, -0.15) is 18.3 Å². The first-order valence-corrected chi connectivity index (χ1v) is 9.10. The van der Waals surface area contributed by atoms with Gasteiger partial charge < -0.3 is 14.5 Å². The Bertz CT molecular complexity index is 1200. The Kier molecular flexibility index (Phi) is 5.09. The van der Waals surface area contributed by atoms with Crippen LogP contribution < -0.4 is 10.1 Å². The standard InChI is InChI=1S/C20H16F3N5O3/c1-11(15-9-12-5-3-4-6-14(12)31-15)25-19(29)13-10-24-28(18(13)20(21,22)23)16-7-8-17(30-2)27-26-16/h3-11H,1-2H3,(H,25,29). The highest BCUT2D eigenvalue weighted by Crippen LogP contribution is 2.34. The zero-order valence-electron chi connectivity index (χ0n) is 16.3. The van der Waals surface area contributed by atoms with Gasteiger partial charge in [-0.05, 0) is 25.1 Å². The molecule has 3 heterocycles. The molecule has 0 radical (unpaired) electrons. The number of amides is 1. The number of fused-ring (bicyclic) bond motifs is 1. The van der Waals surface area contributed by atoms with Crippen molar-refractivity contribution >= 4 is 16.9 Å². The summed E-state index contributed by atoms with van der Waals surface area (Å²) in [5.74, 6) is -0.621. The summed E-state index contributed by atoms with van der Waals surface area (Å²) in [6.07, 6.45) is -4.02. The first kappa shape index (κ1) is 20.4. The average molecular weight is 431 g/mol. The molecule has 0 saturated heterocycles. The third-order valence-corrected chi connectivity index (χ3v) is 4.55. The fraction of sp³-hybridized carbons (Fsp3) is 0.200. The molecule has 11 heteroatoms. The largest absolute Gasteiger partial charge is 0.480 e. The monoisotopic (exact) mass is 431 g/mol. The summed E-state index contributed by atoms with van der Waals surface area (Å²) in [5, 5.41) is 14.4. The fourth-order valence-corrected chi connectivity index (χ4v) is 3.06. The van der Waals surface area contributed by atoms with E-state index in [1.165, 1.54) is 19.2 Å². The first-order valence-electron chi connectivity index (χ1n) is 9.10. The number of halogens is 3. The van der Waals surface area contributed by atoms with Crippen LogP contribution >= 0.6 is 0 Å². The molecule has 4 aromatic rings. The van der Waals surface area contributed by atoms with Crippen LogP contribution in [-0.2, 0) is 6.18 Å². The maximum absolute atomic E-state index is 13.8. The van der Waals surface area contributed by atoms with Gasteiger partial charge in [-0.1, -0.05) is 18.2 Å². The van der Waals surface area contributed by atoms with E-state index in [4.69, 9.17) is 9.15 Å². The van der Waals surface area contributed by atoms with Crippen LogP contribution in [-0.4, -0.2) is 33.0 Å². The molecule has 0 fully saturated rings. The molecule has 1 aromatic carbocycles. The van der Waals surface area contributed by atoms with Crippen LogP contribution in [0, 0.1) is 0 Å². The number of carbonyl (C=O) groups is 1. The molecule has 1 unspecified atom stereocenters. The summed E-state index contributed by atoms with van der Waals surface area (Å²) in [5.41, 5.74) is -1.30. The summed E-state index contributed by atoms with van der Waals surface area (Å²) in [4.78, 5) is 12.7. The van der Waals surface area contributed by atoms with Crippen molar-refractivity contribution in [2.45, 2.75) is 19.1 Å². The Morgan fingerprint density at radius 2 is 1.97 bits per heavy atom. The Labute approximate surface area is 173 Å². The van der Waals surface area contributed by atoms with Gasteiger partial charge in [0.1, 0.15) is 11.3 Å². The van der Waals surface area contributed by atoms with Crippen molar-refractivity contribution in [3.63, 3.8) is 0 Å². The van der Waals surface area contributed by atoms with E-state index in [0.717, 1.165) is 11.6 Å². The SMILES string of the molecule is COc1ccc(-n2ncc(C(=O)NC(C)c3cc4ccccc4o3)c2C(F)(F)F)nn1. The van der Waals surface area contributed by atoms with Crippen molar-refractivity contribution in [3.05, 3.63) is 65.7 Å². The molecule has 0 aliphatic carbocycles. The van der Waals surface area contributed by atoms with Crippen LogP contribution in [0.3, 0.4) is 0 Å². The summed E-state index contributed by atoms with van der Waals surface area (Å²) >= 11 is 0. The normalized spacial score (nSPS) is 12.7. The number of aromatic nitrogens is 4. The molecule has 1 amide bonds. The number of methoxy groups -OCH3 is 1. The number of ether oxygens (including phenoxy) is 1. The number of benzene rings is 1. The molecule has 1 N–H and O–H groups in total. The smallest absolute Gasteiger partial charge is 0.434 e. The van der Waals surface area contributed by atoms with E-state index in [1.54, 1.807) is 25.1 Å². The lowest BCUT2D eigenvalue weighted by atomic mass is 10.1. The van der Waals surface area contributed by atoms with E-state index >= 15 is 0 Å². The second kappa shape index (κ2) is 7.74.